The van der Waals surface area contributed by atoms with Gasteiger partial charge in [-0.25, -0.2) is 0 Å². The molecular formula is C19H19N3O2. The van der Waals surface area contributed by atoms with Gasteiger partial charge in [0.2, 0.25) is 5.96 Å². The number of hydrogen-bond donors (Lipinski definition) is 3. The summed E-state index contributed by atoms with van der Waals surface area (Å²) in [6.07, 6.45) is 1.99. The fraction of sp³-hybridized carbons (Fsp3) is 0.105. The maximum atomic E-state index is 9.58. The molecule has 0 aliphatic rings. The van der Waals surface area contributed by atoms with Crippen LogP contribution in [0.4, 0.5) is 0 Å². The van der Waals surface area contributed by atoms with Crippen molar-refractivity contribution < 1.29 is 10.3 Å². The first-order valence-electron chi connectivity index (χ1n) is 7.62. The summed E-state index contributed by atoms with van der Waals surface area (Å²) in [5.41, 5.74) is 10.6. The minimum Gasteiger partial charge on any atom is -0.508 e. The third-order valence-corrected chi connectivity index (χ3v) is 4.17. The third kappa shape index (κ3) is 2.40. The first kappa shape index (κ1) is 15.7. The molecule has 0 fully saturated rings. The minimum absolute atomic E-state index is 0.00688. The molecule has 24 heavy (non-hydrogen) atoms. The molecule has 0 bridgehead atoms. The number of allylic oxidation sites excluding steroid dienone is 2. The van der Waals surface area contributed by atoms with Crippen LogP contribution >= 0.6 is 0 Å². The summed E-state index contributed by atoms with van der Waals surface area (Å²) >= 11 is 0. The Kier molecular flexibility index (Phi) is 4.00. The third-order valence-electron chi connectivity index (χ3n) is 4.17. The molecule has 5 nitrogen and oxygen atoms in total. The molecule has 0 saturated heterocycles. The highest BCUT2D eigenvalue weighted by atomic mass is 16.4. The standard InChI is InChI=1S/C19H19N3O2/c1-3-12(2)18-17(13-8-10-14(23)11-9-13)15-6-4-5-7-16(15)22(18)19(20)21-24/h3-11,23-24H,1-2H3,(H2,20,21)/b12-3+. The number of nitrogens with zero attached hydrogens (tertiary/aromatic N) is 2. The number of nitrogens with two attached hydrogens (primary N) is 1. The largest absolute Gasteiger partial charge is 0.508 e. The van der Waals surface area contributed by atoms with Crippen LogP contribution in [0.1, 0.15) is 19.5 Å². The predicted octanol–water partition coefficient (Wildman–Crippen LogP) is 3.99. The van der Waals surface area contributed by atoms with Crippen LogP contribution in [0.5, 0.6) is 5.75 Å². The Morgan fingerprint density at radius 2 is 1.79 bits per heavy atom. The van der Waals surface area contributed by atoms with Crippen molar-refractivity contribution in [2.75, 3.05) is 0 Å². The number of aromatic nitrogens is 1. The van der Waals surface area contributed by atoms with E-state index in [9.17, 15) is 10.3 Å². The SMILES string of the molecule is C/C=C(\C)c1c(-c2ccc(O)cc2)c2ccccc2n1/C(N)=N/O. The van der Waals surface area contributed by atoms with Crippen molar-refractivity contribution in [2.45, 2.75) is 13.8 Å². The number of phenols is 1. The molecule has 1 heterocycles. The van der Waals surface area contributed by atoms with E-state index in [4.69, 9.17) is 5.73 Å². The minimum atomic E-state index is 0.00688. The second-order valence-electron chi connectivity index (χ2n) is 5.55. The first-order valence-corrected chi connectivity index (χ1v) is 7.62. The van der Waals surface area contributed by atoms with E-state index < -0.39 is 0 Å². The molecule has 2 aromatic carbocycles. The Balaban J connectivity index is 2.49. The summed E-state index contributed by atoms with van der Waals surface area (Å²) in [7, 11) is 0. The van der Waals surface area contributed by atoms with Gasteiger partial charge in [-0.1, -0.05) is 41.6 Å². The molecule has 0 saturated carbocycles. The number of phenolic OH excluding ortho intramolecular Hbond substituents is 1. The molecule has 3 aromatic rings. The zero-order valence-electron chi connectivity index (χ0n) is 13.6. The summed E-state index contributed by atoms with van der Waals surface area (Å²) in [6, 6.07) is 14.8. The van der Waals surface area contributed by atoms with Gasteiger partial charge >= 0.3 is 0 Å². The number of benzene rings is 2. The number of fused-ring (bicyclic) bond motifs is 1. The van der Waals surface area contributed by atoms with Crippen molar-refractivity contribution in [3.05, 3.63) is 60.3 Å². The monoisotopic (exact) mass is 321 g/mol. The molecule has 5 heteroatoms. The molecule has 122 valence electrons. The molecule has 0 amide bonds. The van der Waals surface area contributed by atoms with E-state index in [0.717, 1.165) is 33.3 Å². The van der Waals surface area contributed by atoms with E-state index in [2.05, 4.69) is 5.16 Å². The van der Waals surface area contributed by atoms with Gasteiger partial charge in [-0.3, -0.25) is 4.57 Å². The zero-order valence-corrected chi connectivity index (χ0v) is 13.6. The van der Waals surface area contributed by atoms with Crippen molar-refractivity contribution in [1.82, 2.24) is 4.57 Å². The highest BCUT2D eigenvalue weighted by molar-refractivity contribution is 6.07. The van der Waals surface area contributed by atoms with E-state index in [1.165, 1.54) is 0 Å². The Morgan fingerprint density at radius 1 is 1.12 bits per heavy atom. The van der Waals surface area contributed by atoms with Gasteiger partial charge in [-0.2, -0.15) is 0 Å². The van der Waals surface area contributed by atoms with E-state index in [1.54, 1.807) is 16.7 Å². The Bertz CT molecular complexity index is 951. The summed E-state index contributed by atoms with van der Waals surface area (Å²) < 4.78 is 1.74. The zero-order chi connectivity index (χ0) is 17.3. The normalized spacial score (nSPS) is 12.8. The van der Waals surface area contributed by atoms with Crippen LogP contribution in [0.25, 0.3) is 27.6 Å². The fourth-order valence-corrected chi connectivity index (χ4v) is 2.95. The van der Waals surface area contributed by atoms with E-state index in [-0.39, 0.29) is 11.7 Å². The average Bonchev–Trinajstić information content (AvgIpc) is 2.96. The van der Waals surface area contributed by atoms with Gasteiger partial charge in [0, 0.05) is 10.9 Å². The van der Waals surface area contributed by atoms with Crippen molar-refractivity contribution in [3.8, 4) is 16.9 Å². The number of oxime groups is 1. The Labute approximate surface area is 140 Å². The maximum Gasteiger partial charge on any atom is 0.242 e. The molecule has 0 radical (unpaired) electrons. The first-order chi connectivity index (χ1) is 11.6. The Morgan fingerprint density at radius 3 is 2.42 bits per heavy atom. The summed E-state index contributed by atoms with van der Waals surface area (Å²) in [5, 5.41) is 23.0. The molecule has 0 spiro atoms. The van der Waals surface area contributed by atoms with Crippen LogP contribution in [-0.2, 0) is 0 Å². The van der Waals surface area contributed by atoms with Crippen LogP contribution < -0.4 is 5.73 Å². The average molecular weight is 321 g/mol. The second-order valence-corrected chi connectivity index (χ2v) is 5.55. The van der Waals surface area contributed by atoms with Crippen LogP contribution in [0.3, 0.4) is 0 Å². The lowest BCUT2D eigenvalue weighted by atomic mass is 9.99. The number of rotatable bonds is 2. The van der Waals surface area contributed by atoms with Gasteiger partial charge in [0.1, 0.15) is 5.75 Å². The van der Waals surface area contributed by atoms with Gasteiger partial charge in [-0.05, 0) is 43.2 Å². The lowest BCUT2D eigenvalue weighted by Gasteiger charge is -2.11. The van der Waals surface area contributed by atoms with Gasteiger partial charge < -0.3 is 16.0 Å². The summed E-state index contributed by atoms with van der Waals surface area (Å²) in [6.45, 7) is 3.93. The van der Waals surface area contributed by atoms with Crippen LogP contribution in [-0.4, -0.2) is 20.8 Å². The topological polar surface area (TPSA) is 83.8 Å². The molecule has 0 unspecified atom stereocenters. The smallest absolute Gasteiger partial charge is 0.242 e. The van der Waals surface area contributed by atoms with E-state index in [1.807, 2.05) is 56.3 Å². The second kappa shape index (κ2) is 6.12. The Hall–Kier alpha value is -3.21. The van der Waals surface area contributed by atoms with Crippen molar-refractivity contribution >= 4 is 22.4 Å². The molecule has 1 aromatic heterocycles. The predicted molar refractivity (Wildman–Crippen MR) is 97.2 cm³/mol. The number of para-hydroxylation sites is 1. The van der Waals surface area contributed by atoms with Gasteiger partial charge in [0.15, 0.2) is 0 Å². The molecule has 4 N–H and O–H groups in total. The molecule has 0 aliphatic heterocycles. The maximum absolute atomic E-state index is 9.58. The fourth-order valence-electron chi connectivity index (χ4n) is 2.95. The number of hydrogen-bond acceptors (Lipinski definition) is 3. The number of aromatic hydroxyl groups is 1. The molecule has 0 atom stereocenters. The van der Waals surface area contributed by atoms with Gasteiger partial charge in [-0.15, -0.1) is 0 Å². The molecule has 3 rings (SSSR count). The van der Waals surface area contributed by atoms with Crippen LogP contribution in [0.2, 0.25) is 0 Å². The van der Waals surface area contributed by atoms with E-state index in [0.29, 0.717) is 0 Å². The summed E-state index contributed by atoms with van der Waals surface area (Å²) in [4.78, 5) is 0. The van der Waals surface area contributed by atoms with Crippen LogP contribution in [0, 0.1) is 0 Å². The summed E-state index contributed by atoms with van der Waals surface area (Å²) in [5.74, 6) is 0.218. The lowest BCUT2D eigenvalue weighted by Crippen LogP contribution is -2.23. The van der Waals surface area contributed by atoms with E-state index >= 15 is 0 Å². The van der Waals surface area contributed by atoms with Crippen molar-refractivity contribution in [1.29, 1.82) is 0 Å². The quantitative estimate of drug-likeness (QED) is 0.289. The highest BCUT2D eigenvalue weighted by Gasteiger charge is 2.21. The molecule has 0 aliphatic carbocycles. The lowest BCUT2D eigenvalue weighted by molar-refractivity contribution is 0.316. The van der Waals surface area contributed by atoms with Crippen molar-refractivity contribution in [2.24, 2.45) is 10.9 Å². The van der Waals surface area contributed by atoms with Gasteiger partial charge in [0.25, 0.3) is 0 Å². The van der Waals surface area contributed by atoms with Gasteiger partial charge in [0.05, 0.1) is 11.2 Å². The van der Waals surface area contributed by atoms with Crippen molar-refractivity contribution in [3.63, 3.8) is 0 Å². The molecular weight excluding hydrogens is 302 g/mol. The van der Waals surface area contributed by atoms with Crippen LogP contribution in [0.15, 0.2) is 59.8 Å². The highest BCUT2D eigenvalue weighted by Crippen LogP contribution is 2.38.